The van der Waals surface area contributed by atoms with Gasteiger partial charge in [0.2, 0.25) is 0 Å². The van der Waals surface area contributed by atoms with Crippen LogP contribution in [0.25, 0.3) is 0 Å². The quantitative estimate of drug-likeness (QED) is 0.542. The SMILES string of the molecule is CC1CCCC1.CCC1CCCCC1. The van der Waals surface area contributed by atoms with E-state index in [1.807, 2.05) is 0 Å². The van der Waals surface area contributed by atoms with Gasteiger partial charge in [0.25, 0.3) is 0 Å². The van der Waals surface area contributed by atoms with Crippen molar-refractivity contribution < 1.29 is 0 Å². The molecule has 0 aromatic heterocycles. The molecular formula is C14H28. The van der Waals surface area contributed by atoms with Gasteiger partial charge in [0, 0.05) is 0 Å². The lowest BCUT2D eigenvalue weighted by Gasteiger charge is -2.18. The molecule has 0 heterocycles. The van der Waals surface area contributed by atoms with Crippen LogP contribution in [0.15, 0.2) is 0 Å². The highest BCUT2D eigenvalue weighted by atomic mass is 14.2. The van der Waals surface area contributed by atoms with Gasteiger partial charge in [0.05, 0.1) is 0 Å². The van der Waals surface area contributed by atoms with Crippen LogP contribution in [0.5, 0.6) is 0 Å². The van der Waals surface area contributed by atoms with Crippen LogP contribution in [0.1, 0.15) is 78.1 Å². The lowest BCUT2D eigenvalue weighted by Crippen LogP contribution is -2.03. The van der Waals surface area contributed by atoms with E-state index in [4.69, 9.17) is 0 Å². The summed E-state index contributed by atoms with van der Waals surface area (Å²) in [4.78, 5) is 0. The summed E-state index contributed by atoms with van der Waals surface area (Å²) in [5.41, 5.74) is 0. The van der Waals surface area contributed by atoms with Crippen LogP contribution in [0.3, 0.4) is 0 Å². The predicted molar refractivity (Wildman–Crippen MR) is 64.5 cm³/mol. The molecule has 0 radical (unpaired) electrons. The molecule has 0 amide bonds. The third-order valence-electron chi connectivity index (χ3n) is 3.95. The zero-order chi connectivity index (χ0) is 10.2. The van der Waals surface area contributed by atoms with Gasteiger partial charge < -0.3 is 0 Å². The molecule has 2 aliphatic carbocycles. The molecule has 0 N–H and O–H groups in total. The highest BCUT2D eigenvalue weighted by Crippen LogP contribution is 2.25. The second kappa shape index (κ2) is 7.31. The molecule has 0 saturated heterocycles. The molecule has 0 atom stereocenters. The Morgan fingerprint density at radius 3 is 1.57 bits per heavy atom. The van der Waals surface area contributed by atoms with E-state index < -0.39 is 0 Å². The van der Waals surface area contributed by atoms with Gasteiger partial charge in [-0.2, -0.15) is 0 Å². The normalized spacial score (nSPS) is 24.4. The topological polar surface area (TPSA) is 0 Å². The summed E-state index contributed by atoms with van der Waals surface area (Å²) in [6.07, 6.45) is 14.9. The number of rotatable bonds is 1. The molecule has 2 fully saturated rings. The predicted octanol–water partition coefficient (Wildman–Crippen LogP) is 5.17. The Bertz CT molecular complexity index is 116. The summed E-state index contributed by atoms with van der Waals surface area (Å²) < 4.78 is 0. The summed E-state index contributed by atoms with van der Waals surface area (Å²) in [5, 5.41) is 0. The smallest absolute Gasteiger partial charge is 0.0417 e. The van der Waals surface area contributed by atoms with Gasteiger partial charge in [-0.1, -0.05) is 78.1 Å². The first-order valence-corrected chi connectivity index (χ1v) is 6.83. The fraction of sp³-hybridized carbons (Fsp3) is 1.00. The Hall–Kier alpha value is 0. The largest absolute Gasteiger partial charge is 0.0651 e. The van der Waals surface area contributed by atoms with E-state index in [2.05, 4.69) is 13.8 Å². The van der Waals surface area contributed by atoms with E-state index >= 15 is 0 Å². The van der Waals surface area contributed by atoms with Crippen molar-refractivity contribution in [3.63, 3.8) is 0 Å². The van der Waals surface area contributed by atoms with Crippen LogP contribution in [-0.4, -0.2) is 0 Å². The highest BCUT2D eigenvalue weighted by molar-refractivity contribution is 4.63. The van der Waals surface area contributed by atoms with Crippen molar-refractivity contribution in [3.8, 4) is 0 Å². The Morgan fingerprint density at radius 2 is 1.29 bits per heavy atom. The molecule has 2 rings (SSSR count). The van der Waals surface area contributed by atoms with Crippen LogP contribution < -0.4 is 0 Å². The maximum Gasteiger partial charge on any atom is -0.0417 e. The molecule has 0 aromatic carbocycles. The van der Waals surface area contributed by atoms with Crippen LogP contribution in [0.4, 0.5) is 0 Å². The monoisotopic (exact) mass is 196 g/mol. The number of hydrogen-bond acceptors (Lipinski definition) is 0. The van der Waals surface area contributed by atoms with E-state index in [-0.39, 0.29) is 0 Å². The van der Waals surface area contributed by atoms with E-state index in [1.54, 1.807) is 0 Å². The zero-order valence-corrected chi connectivity index (χ0v) is 10.2. The molecule has 2 saturated carbocycles. The van der Waals surface area contributed by atoms with Gasteiger partial charge in [-0.15, -0.1) is 0 Å². The Labute approximate surface area is 90.5 Å². The van der Waals surface area contributed by atoms with Gasteiger partial charge in [0.15, 0.2) is 0 Å². The minimum absolute atomic E-state index is 1.05. The molecule has 0 heteroatoms. The minimum atomic E-state index is 1.05. The third-order valence-corrected chi connectivity index (χ3v) is 3.95. The first-order valence-electron chi connectivity index (χ1n) is 6.83. The van der Waals surface area contributed by atoms with Crippen molar-refractivity contribution in [1.29, 1.82) is 0 Å². The Morgan fingerprint density at radius 1 is 0.786 bits per heavy atom. The lowest BCUT2D eigenvalue weighted by molar-refractivity contribution is 0.349. The Balaban J connectivity index is 0.000000146. The lowest BCUT2D eigenvalue weighted by atomic mass is 9.88. The highest BCUT2D eigenvalue weighted by Gasteiger charge is 2.09. The van der Waals surface area contributed by atoms with Crippen molar-refractivity contribution in [2.75, 3.05) is 0 Å². The van der Waals surface area contributed by atoms with Crippen molar-refractivity contribution >= 4 is 0 Å². The average Bonchev–Trinajstić information content (AvgIpc) is 2.71. The van der Waals surface area contributed by atoms with Crippen LogP contribution in [0.2, 0.25) is 0 Å². The van der Waals surface area contributed by atoms with Crippen molar-refractivity contribution in [1.82, 2.24) is 0 Å². The molecule has 0 nitrogen and oxygen atoms in total. The fourth-order valence-electron chi connectivity index (χ4n) is 2.73. The van der Waals surface area contributed by atoms with Crippen molar-refractivity contribution in [2.24, 2.45) is 11.8 Å². The summed E-state index contributed by atoms with van der Waals surface area (Å²) >= 11 is 0. The molecule has 0 aliphatic heterocycles. The minimum Gasteiger partial charge on any atom is -0.0651 e. The third kappa shape index (κ3) is 5.02. The number of hydrogen-bond donors (Lipinski definition) is 0. The van der Waals surface area contributed by atoms with E-state index in [0.717, 1.165) is 11.8 Å². The van der Waals surface area contributed by atoms with Gasteiger partial charge in [0.1, 0.15) is 0 Å². The first kappa shape index (κ1) is 12.1. The maximum atomic E-state index is 2.34. The zero-order valence-electron chi connectivity index (χ0n) is 10.2. The fourth-order valence-corrected chi connectivity index (χ4v) is 2.73. The molecule has 0 spiro atoms. The van der Waals surface area contributed by atoms with Crippen molar-refractivity contribution in [2.45, 2.75) is 78.1 Å². The summed E-state index contributed by atoms with van der Waals surface area (Å²) in [6, 6.07) is 0. The van der Waals surface area contributed by atoms with Gasteiger partial charge in [-0.3, -0.25) is 0 Å². The van der Waals surface area contributed by atoms with Gasteiger partial charge in [-0.25, -0.2) is 0 Å². The summed E-state index contributed by atoms with van der Waals surface area (Å²) in [5.74, 6) is 2.13. The van der Waals surface area contributed by atoms with Crippen molar-refractivity contribution in [3.05, 3.63) is 0 Å². The average molecular weight is 196 g/mol. The second-order valence-corrected chi connectivity index (χ2v) is 5.30. The van der Waals surface area contributed by atoms with Crippen LogP contribution in [0, 0.1) is 11.8 Å². The summed E-state index contributed by atoms with van der Waals surface area (Å²) in [7, 11) is 0. The summed E-state index contributed by atoms with van der Waals surface area (Å²) in [6.45, 7) is 4.66. The molecule has 0 bridgehead atoms. The van der Waals surface area contributed by atoms with E-state index in [0.29, 0.717) is 0 Å². The molecule has 2 aliphatic rings. The Kier molecular flexibility index (Phi) is 6.31. The van der Waals surface area contributed by atoms with Gasteiger partial charge in [-0.05, 0) is 11.8 Å². The van der Waals surface area contributed by atoms with E-state index in [9.17, 15) is 0 Å². The molecular weight excluding hydrogens is 168 g/mol. The van der Waals surface area contributed by atoms with Crippen LogP contribution in [-0.2, 0) is 0 Å². The molecule has 0 aromatic rings. The molecule has 14 heavy (non-hydrogen) atoms. The molecule has 0 unspecified atom stereocenters. The maximum absolute atomic E-state index is 2.34. The van der Waals surface area contributed by atoms with Crippen LogP contribution >= 0.6 is 0 Å². The van der Waals surface area contributed by atoms with E-state index in [1.165, 1.54) is 64.2 Å². The molecule has 84 valence electrons. The standard InChI is InChI=1S/C8H16.C6H12/c1-2-8-6-4-3-5-7-8;1-6-4-2-3-5-6/h8H,2-7H2,1H3;6H,2-5H2,1H3. The first-order chi connectivity index (χ1) is 6.83. The van der Waals surface area contributed by atoms with Gasteiger partial charge >= 0.3 is 0 Å². The second-order valence-electron chi connectivity index (χ2n) is 5.30.